The lowest BCUT2D eigenvalue weighted by atomic mass is 9.91. The first-order valence-corrected chi connectivity index (χ1v) is 6.58. The van der Waals surface area contributed by atoms with Crippen LogP contribution in [-0.4, -0.2) is 18.0 Å². The summed E-state index contributed by atoms with van der Waals surface area (Å²) >= 11 is 0. The molecule has 1 amide bonds. The van der Waals surface area contributed by atoms with Crippen molar-refractivity contribution in [2.45, 2.75) is 58.4 Å². The summed E-state index contributed by atoms with van der Waals surface area (Å²) < 4.78 is 0. The fourth-order valence-corrected chi connectivity index (χ4v) is 2.48. The zero-order chi connectivity index (χ0) is 12.2. The maximum Gasteiger partial charge on any atom is 0.223 e. The molecule has 0 aromatic carbocycles. The van der Waals surface area contributed by atoms with Crippen molar-refractivity contribution >= 4 is 5.91 Å². The van der Waals surface area contributed by atoms with Gasteiger partial charge in [-0.3, -0.25) is 4.79 Å². The van der Waals surface area contributed by atoms with E-state index in [-0.39, 0.29) is 17.4 Å². The van der Waals surface area contributed by atoms with Crippen molar-refractivity contribution in [3.05, 3.63) is 0 Å². The molecule has 0 heterocycles. The largest absolute Gasteiger partial charge is 0.351 e. The van der Waals surface area contributed by atoms with Gasteiger partial charge in [0.25, 0.3) is 0 Å². The van der Waals surface area contributed by atoms with Crippen molar-refractivity contribution in [3.8, 4) is 0 Å². The molecular formula is C13H26N2O. The molecule has 2 atom stereocenters. The van der Waals surface area contributed by atoms with E-state index in [0.29, 0.717) is 12.5 Å². The van der Waals surface area contributed by atoms with Crippen molar-refractivity contribution in [3.63, 3.8) is 0 Å². The van der Waals surface area contributed by atoms with Crippen LogP contribution < -0.4 is 11.1 Å². The second-order valence-corrected chi connectivity index (χ2v) is 5.29. The van der Waals surface area contributed by atoms with Crippen molar-refractivity contribution in [1.82, 2.24) is 5.32 Å². The molecule has 3 N–H and O–H groups in total. The smallest absolute Gasteiger partial charge is 0.223 e. The average molecular weight is 226 g/mol. The van der Waals surface area contributed by atoms with Gasteiger partial charge in [0.15, 0.2) is 0 Å². The SMILES string of the molecule is CCC(C)(CC)NC(=O)[C@@H]1CCC[C@@H]1CN. The van der Waals surface area contributed by atoms with Crippen LogP contribution in [0.1, 0.15) is 52.9 Å². The molecule has 0 saturated heterocycles. The van der Waals surface area contributed by atoms with Crippen molar-refractivity contribution in [2.75, 3.05) is 6.54 Å². The van der Waals surface area contributed by atoms with Gasteiger partial charge >= 0.3 is 0 Å². The minimum atomic E-state index is -0.0428. The van der Waals surface area contributed by atoms with Gasteiger partial charge in [0.2, 0.25) is 5.91 Å². The Kier molecular flexibility index (Phi) is 4.78. The lowest BCUT2D eigenvalue weighted by molar-refractivity contribution is -0.127. The molecule has 0 aromatic heterocycles. The predicted molar refractivity (Wildman–Crippen MR) is 67.0 cm³/mol. The molecule has 1 rings (SSSR count). The van der Waals surface area contributed by atoms with Crippen LogP contribution in [0.5, 0.6) is 0 Å². The first-order chi connectivity index (χ1) is 7.56. The quantitative estimate of drug-likeness (QED) is 0.754. The van der Waals surface area contributed by atoms with E-state index >= 15 is 0 Å². The van der Waals surface area contributed by atoms with Crippen molar-refractivity contribution < 1.29 is 4.79 Å². The third kappa shape index (κ3) is 2.97. The molecule has 0 radical (unpaired) electrons. The highest BCUT2D eigenvalue weighted by atomic mass is 16.2. The summed E-state index contributed by atoms with van der Waals surface area (Å²) in [7, 11) is 0. The Morgan fingerprint density at radius 2 is 2.00 bits per heavy atom. The van der Waals surface area contributed by atoms with E-state index in [1.165, 1.54) is 0 Å². The molecular weight excluding hydrogens is 200 g/mol. The molecule has 1 saturated carbocycles. The highest BCUT2D eigenvalue weighted by molar-refractivity contribution is 5.80. The standard InChI is InChI=1S/C13H26N2O/c1-4-13(3,5-2)15-12(16)11-8-6-7-10(11)9-14/h10-11H,4-9,14H2,1-3H3,(H,15,16)/t10-,11-/m1/s1. The molecule has 1 aliphatic rings. The Labute approximate surface area is 99.2 Å². The Balaban J connectivity index is 2.57. The van der Waals surface area contributed by atoms with Gasteiger partial charge in [-0.25, -0.2) is 0 Å². The van der Waals surface area contributed by atoms with Gasteiger partial charge in [-0.05, 0) is 45.1 Å². The van der Waals surface area contributed by atoms with E-state index in [2.05, 4.69) is 26.1 Å². The number of hydrogen-bond donors (Lipinski definition) is 2. The Bertz CT molecular complexity index is 236. The number of amides is 1. The molecule has 0 aliphatic heterocycles. The zero-order valence-electron chi connectivity index (χ0n) is 10.9. The number of hydrogen-bond acceptors (Lipinski definition) is 2. The van der Waals surface area contributed by atoms with E-state index in [1.807, 2.05) is 0 Å². The molecule has 1 fully saturated rings. The fraction of sp³-hybridized carbons (Fsp3) is 0.923. The molecule has 1 aliphatic carbocycles. The lowest BCUT2D eigenvalue weighted by Crippen LogP contribution is -2.48. The second kappa shape index (κ2) is 5.67. The normalized spacial score (nSPS) is 25.8. The first-order valence-electron chi connectivity index (χ1n) is 6.58. The van der Waals surface area contributed by atoms with Gasteiger partial charge < -0.3 is 11.1 Å². The highest BCUT2D eigenvalue weighted by Crippen LogP contribution is 2.31. The predicted octanol–water partition coefficient (Wildman–Crippen LogP) is 2.06. The van der Waals surface area contributed by atoms with E-state index < -0.39 is 0 Å². The third-order valence-corrected chi connectivity index (χ3v) is 4.28. The summed E-state index contributed by atoms with van der Waals surface area (Å²) in [6, 6.07) is 0. The topological polar surface area (TPSA) is 55.1 Å². The van der Waals surface area contributed by atoms with E-state index in [1.54, 1.807) is 0 Å². The Morgan fingerprint density at radius 3 is 2.50 bits per heavy atom. The Morgan fingerprint density at radius 1 is 1.38 bits per heavy atom. The van der Waals surface area contributed by atoms with Crippen molar-refractivity contribution in [1.29, 1.82) is 0 Å². The summed E-state index contributed by atoms with van der Waals surface area (Å²) in [4.78, 5) is 12.2. The van der Waals surface area contributed by atoms with E-state index in [4.69, 9.17) is 5.73 Å². The summed E-state index contributed by atoms with van der Waals surface area (Å²) in [5.74, 6) is 0.777. The Hall–Kier alpha value is -0.570. The van der Waals surface area contributed by atoms with Gasteiger partial charge in [-0.15, -0.1) is 0 Å². The molecule has 94 valence electrons. The third-order valence-electron chi connectivity index (χ3n) is 4.28. The second-order valence-electron chi connectivity index (χ2n) is 5.29. The van der Waals surface area contributed by atoms with Gasteiger partial charge in [0.1, 0.15) is 0 Å². The van der Waals surface area contributed by atoms with Crippen LogP contribution in [-0.2, 0) is 4.79 Å². The highest BCUT2D eigenvalue weighted by Gasteiger charge is 2.34. The maximum atomic E-state index is 12.2. The van der Waals surface area contributed by atoms with Crippen LogP contribution in [0.15, 0.2) is 0 Å². The van der Waals surface area contributed by atoms with Gasteiger partial charge in [-0.1, -0.05) is 20.3 Å². The van der Waals surface area contributed by atoms with Crippen LogP contribution in [0.3, 0.4) is 0 Å². The summed E-state index contributed by atoms with van der Waals surface area (Å²) in [5, 5.41) is 3.20. The van der Waals surface area contributed by atoms with Crippen LogP contribution in [0.4, 0.5) is 0 Å². The number of nitrogens with two attached hydrogens (primary N) is 1. The average Bonchev–Trinajstić information content (AvgIpc) is 2.76. The molecule has 16 heavy (non-hydrogen) atoms. The summed E-state index contributed by atoms with van der Waals surface area (Å²) in [6.07, 6.45) is 5.24. The minimum absolute atomic E-state index is 0.0428. The van der Waals surface area contributed by atoms with Gasteiger partial charge in [0.05, 0.1) is 0 Å². The lowest BCUT2D eigenvalue weighted by Gasteiger charge is -2.31. The number of carbonyl (C=O) groups is 1. The minimum Gasteiger partial charge on any atom is -0.351 e. The van der Waals surface area contributed by atoms with E-state index in [0.717, 1.165) is 32.1 Å². The monoisotopic (exact) mass is 226 g/mol. The van der Waals surface area contributed by atoms with Crippen LogP contribution >= 0.6 is 0 Å². The van der Waals surface area contributed by atoms with Gasteiger partial charge in [0, 0.05) is 11.5 Å². The number of nitrogens with one attached hydrogen (secondary N) is 1. The van der Waals surface area contributed by atoms with Gasteiger partial charge in [-0.2, -0.15) is 0 Å². The molecule has 0 unspecified atom stereocenters. The molecule has 0 aromatic rings. The van der Waals surface area contributed by atoms with Crippen LogP contribution in [0.25, 0.3) is 0 Å². The molecule has 3 heteroatoms. The zero-order valence-corrected chi connectivity index (χ0v) is 10.9. The van der Waals surface area contributed by atoms with E-state index in [9.17, 15) is 4.79 Å². The summed E-state index contributed by atoms with van der Waals surface area (Å²) in [5.41, 5.74) is 5.67. The van der Waals surface area contributed by atoms with Crippen molar-refractivity contribution in [2.24, 2.45) is 17.6 Å². The number of carbonyl (C=O) groups excluding carboxylic acids is 1. The fourth-order valence-electron chi connectivity index (χ4n) is 2.48. The molecule has 3 nitrogen and oxygen atoms in total. The number of rotatable bonds is 5. The van der Waals surface area contributed by atoms with Crippen LogP contribution in [0.2, 0.25) is 0 Å². The maximum absolute atomic E-state index is 12.2. The first kappa shape index (κ1) is 13.5. The van der Waals surface area contributed by atoms with Crippen LogP contribution in [0, 0.1) is 11.8 Å². The molecule has 0 spiro atoms. The summed E-state index contributed by atoms with van der Waals surface area (Å²) in [6.45, 7) is 7.02. The molecule has 0 bridgehead atoms.